The second-order valence-corrected chi connectivity index (χ2v) is 5.14. The molecule has 0 bridgehead atoms. The Bertz CT molecular complexity index is 346. The van der Waals surface area contributed by atoms with E-state index in [2.05, 4.69) is 32.0 Å². The molecule has 0 aliphatic carbocycles. The molecule has 0 saturated carbocycles. The fraction of sp³-hybridized carbons (Fsp3) is 0.538. The Morgan fingerprint density at radius 1 is 1.27 bits per heavy atom. The van der Waals surface area contributed by atoms with Gasteiger partial charge in [-0.2, -0.15) is 0 Å². The van der Waals surface area contributed by atoms with Crippen LogP contribution in [-0.2, 0) is 18.0 Å². The van der Waals surface area contributed by atoms with E-state index in [1.165, 1.54) is 16.7 Å². The van der Waals surface area contributed by atoms with Gasteiger partial charge in [-0.15, -0.1) is 11.6 Å². The molecule has 1 aromatic rings. The van der Waals surface area contributed by atoms with Crippen LogP contribution in [0.1, 0.15) is 42.3 Å². The first-order chi connectivity index (χ1) is 7.16. The maximum atomic E-state index is 6.36. The van der Waals surface area contributed by atoms with Gasteiger partial charge in [0.2, 0.25) is 0 Å². The smallest absolute Gasteiger partial charge is 0.0725 e. The highest BCUT2D eigenvalue weighted by molar-refractivity contribution is 6.20. The maximum Gasteiger partial charge on any atom is 0.0725 e. The summed E-state index contributed by atoms with van der Waals surface area (Å²) < 4.78 is 5.39. The highest BCUT2D eigenvalue weighted by Gasteiger charge is 2.15. The Morgan fingerprint density at radius 3 is 2.73 bits per heavy atom. The van der Waals surface area contributed by atoms with E-state index in [1.54, 1.807) is 0 Å². The first kappa shape index (κ1) is 11.0. The van der Waals surface area contributed by atoms with Crippen LogP contribution in [0.25, 0.3) is 0 Å². The summed E-state index contributed by atoms with van der Waals surface area (Å²) in [4.78, 5) is 0. The molecule has 1 nitrogen and oxygen atoms in total. The summed E-state index contributed by atoms with van der Waals surface area (Å²) in [6.45, 7) is 5.90. The van der Waals surface area contributed by atoms with E-state index in [4.69, 9.17) is 16.3 Å². The number of benzene rings is 1. The van der Waals surface area contributed by atoms with Crippen LogP contribution in [0.15, 0.2) is 18.2 Å². The van der Waals surface area contributed by atoms with Crippen molar-refractivity contribution in [1.29, 1.82) is 0 Å². The lowest BCUT2D eigenvalue weighted by Crippen LogP contribution is -1.97. The summed E-state index contributed by atoms with van der Waals surface area (Å²) in [5.74, 6) is 0.636. The number of hydrogen-bond acceptors (Lipinski definition) is 1. The molecule has 1 unspecified atom stereocenters. The molecule has 2 heteroatoms. The minimum Gasteiger partial charge on any atom is -0.372 e. The zero-order valence-electron chi connectivity index (χ0n) is 9.29. The topological polar surface area (TPSA) is 9.23 Å². The minimum absolute atomic E-state index is 0.135. The molecule has 0 amide bonds. The molecule has 0 radical (unpaired) electrons. The van der Waals surface area contributed by atoms with E-state index < -0.39 is 0 Å². The van der Waals surface area contributed by atoms with Crippen molar-refractivity contribution in [1.82, 2.24) is 0 Å². The number of rotatable bonds is 3. The van der Waals surface area contributed by atoms with Gasteiger partial charge in [0.1, 0.15) is 0 Å². The van der Waals surface area contributed by atoms with Crippen LogP contribution in [0.2, 0.25) is 0 Å². The lowest BCUT2D eigenvalue weighted by molar-refractivity contribution is 0.134. The van der Waals surface area contributed by atoms with Crippen molar-refractivity contribution in [2.24, 2.45) is 5.92 Å². The van der Waals surface area contributed by atoms with Crippen LogP contribution >= 0.6 is 11.6 Å². The second-order valence-electron chi connectivity index (χ2n) is 4.62. The van der Waals surface area contributed by atoms with Gasteiger partial charge in [0.25, 0.3) is 0 Å². The van der Waals surface area contributed by atoms with Gasteiger partial charge in [-0.1, -0.05) is 32.0 Å². The van der Waals surface area contributed by atoms with Gasteiger partial charge in [-0.3, -0.25) is 0 Å². The van der Waals surface area contributed by atoms with Gasteiger partial charge in [-0.05, 0) is 29.0 Å². The summed E-state index contributed by atoms with van der Waals surface area (Å²) in [6.07, 6.45) is 1.03. The highest BCUT2D eigenvalue weighted by Crippen LogP contribution is 2.31. The molecule has 15 heavy (non-hydrogen) atoms. The quantitative estimate of drug-likeness (QED) is 0.704. The molecule has 0 saturated heterocycles. The number of fused-ring (bicyclic) bond motifs is 1. The summed E-state index contributed by atoms with van der Waals surface area (Å²) in [7, 11) is 0. The predicted octanol–water partition coefficient (Wildman–Crippen LogP) is 4.04. The highest BCUT2D eigenvalue weighted by atomic mass is 35.5. The third kappa shape index (κ3) is 2.53. The SMILES string of the molecule is CC(C)CC(Cl)c1ccc2c(c1)COC2. The van der Waals surface area contributed by atoms with E-state index in [-0.39, 0.29) is 5.38 Å². The zero-order valence-corrected chi connectivity index (χ0v) is 10.1. The predicted molar refractivity (Wildman–Crippen MR) is 63.0 cm³/mol. The fourth-order valence-corrected chi connectivity index (χ4v) is 2.43. The van der Waals surface area contributed by atoms with Crippen molar-refractivity contribution >= 4 is 11.6 Å². The van der Waals surface area contributed by atoms with Crippen molar-refractivity contribution in [2.75, 3.05) is 0 Å². The van der Waals surface area contributed by atoms with Crippen LogP contribution in [0.3, 0.4) is 0 Å². The van der Waals surface area contributed by atoms with Crippen molar-refractivity contribution < 1.29 is 4.74 Å². The number of hydrogen-bond donors (Lipinski definition) is 0. The molecule has 0 N–H and O–H groups in total. The standard InChI is InChI=1S/C13H17ClO/c1-9(2)5-13(14)10-3-4-11-7-15-8-12(11)6-10/h3-4,6,9,13H,5,7-8H2,1-2H3. The summed E-state index contributed by atoms with van der Waals surface area (Å²) in [5, 5.41) is 0.135. The molecular formula is C13H17ClO. The van der Waals surface area contributed by atoms with Gasteiger partial charge < -0.3 is 4.74 Å². The van der Waals surface area contributed by atoms with E-state index in [0.29, 0.717) is 5.92 Å². The summed E-state index contributed by atoms with van der Waals surface area (Å²) in [6, 6.07) is 6.48. The van der Waals surface area contributed by atoms with Crippen LogP contribution in [-0.4, -0.2) is 0 Å². The van der Waals surface area contributed by atoms with Crippen LogP contribution in [0.4, 0.5) is 0 Å². The second kappa shape index (κ2) is 4.54. The van der Waals surface area contributed by atoms with Crippen LogP contribution in [0, 0.1) is 5.92 Å². The average molecular weight is 225 g/mol. The van der Waals surface area contributed by atoms with E-state index in [0.717, 1.165) is 19.6 Å². The molecule has 1 aliphatic rings. The Kier molecular flexibility index (Phi) is 3.32. The fourth-order valence-electron chi connectivity index (χ4n) is 1.94. The largest absolute Gasteiger partial charge is 0.372 e. The average Bonchev–Trinajstić information content (AvgIpc) is 2.62. The molecule has 1 aliphatic heterocycles. The first-order valence-corrected chi connectivity index (χ1v) is 5.94. The molecule has 0 aromatic heterocycles. The summed E-state index contributed by atoms with van der Waals surface area (Å²) >= 11 is 6.36. The molecular weight excluding hydrogens is 208 g/mol. The molecule has 1 heterocycles. The minimum atomic E-state index is 0.135. The van der Waals surface area contributed by atoms with Gasteiger partial charge in [-0.25, -0.2) is 0 Å². The Hall–Kier alpha value is -0.530. The lowest BCUT2D eigenvalue weighted by Gasteiger charge is -2.13. The van der Waals surface area contributed by atoms with Gasteiger partial charge in [0.15, 0.2) is 0 Å². The Labute approximate surface area is 96.4 Å². The Balaban J connectivity index is 2.15. The van der Waals surface area contributed by atoms with Crippen LogP contribution < -0.4 is 0 Å². The molecule has 1 aromatic carbocycles. The third-order valence-corrected chi connectivity index (χ3v) is 3.22. The summed E-state index contributed by atoms with van der Waals surface area (Å²) in [5.41, 5.74) is 3.85. The van der Waals surface area contributed by atoms with E-state index >= 15 is 0 Å². The molecule has 82 valence electrons. The van der Waals surface area contributed by atoms with Gasteiger partial charge in [0, 0.05) is 0 Å². The Morgan fingerprint density at radius 2 is 2.00 bits per heavy atom. The number of ether oxygens (including phenoxy) is 1. The number of alkyl halides is 1. The zero-order chi connectivity index (χ0) is 10.8. The third-order valence-electron chi connectivity index (χ3n) is 2.79. The van der Waals surface area contributed by atoms with Gasteiger partial charge in [0.05, 0.1) is 18.6 Å². The van der Waals surface area contributed by atoms with Crippen molar-refractivity contribution in [3.8, 4) is 0 Å². The van der Waals surface area contributed by atoms with Gasteiger partial charge >= 0.3 is 0 Å². The van der Waals surface area contributed by atoms with Crippen molar-refractivity contribution in [3.63, 3.8) is 0 Å². The molecule has 0 fully saturated rings. The number of halogens is 1. The van der Waals surface area contributed by atoms with Crippen molar-refractivity contribution in [3.05, 3.63) is 34.9 Å². The van der Waals surface area contributed by atoms with Crippen molar-refractivity contribution in [2.45, 2.75) is 38.9 Å². The monoisotopic (exact) mass is 224 g/mol. The van der Waals surface area contributed by atoms with E-state index in [9.17, 15) is 0 Å². The van der Waals surface area contributed by atoms with Crippen LogP contribution in [0.5, 0.6) is 0 Å². The molecule has 1 atom stereocenters. The molecule has 0 spiro atoms. The lowest BCUT2D eigenvalue weighted by atomic mass is 9.99. The normalized spacial score (nSPS) is 16.8. The van der Waals surface area contributed by atoms with E-state index in [1.807, 2.05) is 0 Å². The first-order valence-electron chi connectivity index (χ1n) is 5.50. The molecule has 2 rings (SSSR count). The maximum absolute atomic E-state index is 6.36.